The molecule has 5 aromatic carbocycles. The minimum absolute atomic E-state index is 0.108. The van der Waals surface area contributed by atoms with Crippen molar-refractivity contribution in [3.8, 4) is 5.69 Å². The van der Waals surface area contributed by atoms with Crippen LogP contribution in [0.4, 0.5) is 0 Å². The summed E-state index contributed by atoms with van der Waals surface area (Å²) in [6.45, 7) is 0. The lowest BCUT2D eigenvalue weighted by Gasteiger charge is -2.44. The van der Waals surface area contributed by atoms with Crippen LogP contribution in [0.3, 0.4) is 0 Å². The predicted molar refractivity (Wildman–Crippen MR) is 152 cm³/mol. The Morgan fingerprint density at radius 1 is 0.595 bits per heavy atom. The summed E-state index contributed by atoms with van der Waals surface area (Å²) in [7, 11) is 0. The number of para-hydroxylation sites is 2. The molecule has 4 nitrogen and oxygen atoms in total. The van der Waals surface area contributed by atoms with E-state index in [-0.39, 0.29) is 12.3 Å². The lowest BCUT2D eigenvalue weighted by molar-refractivity contribution is 0.207. The summed E-state index contributed by atoms with van der Waals surface area (Å²) >= 11 is 0. The molecule has 0 spiro atoms. The molecule has 1 aliphatic rings. The molecular weight excluding hydrogens is 452 g/mol. The van der Waals surface area contributed by atoms with E-state index in [2.05, 4.69) is 119 Å². The Morgan fingerprint density at radius 3 is 1.76 bits per heavy atom. The third kappa shape index (κ3) is 3.53. The van der Waals surface area contributed by atoms with Crippen molar-refractivity contribution in [3.05, 3.63) is 150 Å². The number of aromatic nitrogens is 1. The first-order valence-electron chi connectivity index (χ1n) is 12.6. The van der Waals surface area contributed by atoms with E-state index in [0.717, 1.165) is 28.2 Å². The van der Waals surface area contributed by atoms with Gasteiger partial charge in [0.15, 0.2) is 6.17 Å². The van der Waals surface area contributed by atoms with Gasteiger partial charge in [0.2, 0.25) is 0 Å². The number of nitrogens with zero attached hydrogens (tertiary/aromatic N) is 3. The van der Waals surface area contributed by atoms with Crippen LogP contribution >= 0.6 is 0 Å². The molecule has 1 aliphatic heterocycles. The molecule has 4 heteroatoms. The highest BCUT2D eigenvalue weighted by atomic mass is 15.4. The number of amidine groups is 1. The van der Waals surface area contributed by atoms with Crippen LogP contribution in [0, 0.1) is 0 Å². The molecule has 1 aromatic heterocycles. The molecule has 0 fully saturated rings. The van der Waals surface area contributed by atoms with E-state index in [1.807, 2.05) is 24.3 Å². The third-order valence-corrected chi connectivity index (χ3v) is 7.25. The van der Waals surface area contributed by atoms with Crippen LogP contribution in [0.5, 0.6) is 0 Å². The Kier molecular flexibility index (Phi) is 5.12. The molecule has 178 valence electrons. The van der Waals surface area contributed by atoms with E-state index in [4.69, 9.17) is 10.7 Å². The highest BCUT2D eigenvalue weighted by molar-refractivity contribution is 6.09. The van der Waals surface area contributed by atoms with Crippen molar-refractivity contribution in [2.45, 2.75) is 12.3 Å². The van der Waals surface area contributed by atoms with Gasteiger partial charge in [-0.25, -0.2) is 4.99 Å². The molecule has 2 unspecified atom stereocenters. The van der Waals surface area contributed by atoms with Gasteiger partial charge >= 0.3 is 0 Å². The normalized spacial score (nSPS) is 16.0. The number of benzene rings is 5. The zero-order chi connectivity index (χ0) is 24.8. The first kappa shape index (κ1) is 21.6. The highest BCUT2D eigenvalue weighted by Crippen LogP contribution is 2.39. The molecule has 0 aliphatic carbocycles. The van der Waals surface area contributed by atoms with Crippen molar-refractivity contribution in [1.29, 1.82) is 0 Å². The van der Waals surface area contributed by atoms with Gasteiger partial charge in [0.25, 0.3) is 0 Å². The van der Waals surface area contributed by atoms with Gasteiger partial charge in [0, 0.05) is 22.0 Å². The maximum atomic E-state index is 6.94. The fraction of sp³-hybridized carbons (Fsp3) is 0.0606. The average Bonchev–Trinajstić information content (AvgIpc) is 3.28. The second-order valence-electron chi connectivity index (χ2n) is 9.42. The standard InChI is InChI=1S/C33H26N4/c34-31(37-32(24-11-3-1-4-12-24)35-33(37)25-13-5-2-6-14-25)23-19-21-26(22-20-23)36-29-17-9-7-15-27(29)28-16-8-10-18-30(28)36/h1-22,31-32H,34H2. The van der Waals surface area contributed by atoms with Crippen molar-refractivity contribution < 1.29 is 0 Å². The molecule has 6 aromatic rings. The summed E-state index contributed by atoms with van der Waals surface area (Å²) in [6, 6.07) is 46.4. The molecule has 0 saturated heterocycles. The summed E-state index contributed by atoms with van der Waals surface area (Å²) in [5.74, 6) is 0.924. The van der Waals surface area contributed by atoms with Crippen LogP contribution in [0.15, 0.2) is 138 Å². The molecule has 37 heavy (non-hydrogen) atoms. The van der Waals surface area contributed by atoms with E-state index >= 15 is 0 Å². The maximum Gasteiger partial charge on any atom is 0.152 e. The topological polar surface area (TPSA) is 46.5 Å². The first-order chi connectivity index (χ1) is 18.3. The van der Waals surface area contributed by atoms with Gasteiger partial charge in [0.05, 0.1) is 11.0 Å². The monoisotopic (exact) mass is 478 g/mol. The average molecular weight is 479 g/mol. The summed E-state index contributed by atoms with van der Waals surface area (Å²) in [6.07, 6.45) is -0.437. The van der Waals surface area contributed by atoms with Crippen molar-refractivity contribution in [3.63, 3.8) is 0 Å². The predicted octanol–water partition coefficient (Wildman–Crippen LogP) is 7.20. The van der Waals surface area contributed by atoms with Crippen LogP contribution in [-0.4, -0.2) is 15.3 Å². The minimum Gasteiger partial charge on any atom is -0.310 e. The van der Waals surface area contributed by atoms with Gasteiger partial charge in [-0.2, -0.15) is 0 Å². The van der Waals surface area contributed by atoms with Gasteiger partial charge in [-0.3, -0.25) is 0 Å². The fourth-order valence-corrected chi connectivity index (χ4v) is 5.44. The number of nitrogens with two attached hydrogens (primary N) is 1. The van der Waals surface area contributed by atoms with Gasteiger partial charge in [0.1, 0.15) is 12.0 Å². The molecule has 0 radical (unpaired) electrons. The number of aliphatic imine (C=N–C) groups is 1. The van der Waals surface area contributed by atoms with Crippen LogP contribution in [-0.2, 0) is 0 Å². The van der Waals surface area contributed by atoms with E-state index in [0.29, 0.717) is 0 Å². The Hall–Kier alpha value is -4.67. The molecule has 7 rings (SSSR count). The minimum atomic E-state index is -0.329. The molecule has 2 atom stereocenters. The zero-order valence-corrected chi connectivity index (χ0v) is 20.3. The summed E-state index contributed by atoms with van der Waals surface area (Å²) < 4.78 is 2.33. The van der Waals surface area contributed by atoms with Gasteiger partial charge < -0.3 is 15.2 Å². The van der Waals surface area contributed by atoms with Crippen LogP contribution in [0.1, 0.15) is 29.0 Å². The SMILES string of the molecule is NC(c1ccc(-n2c3ccccc3c3ccccc32)cc1)N1C(c2ccccc2)=NC1c1ccccc1. The molecule has 2 N–H and O–H groups in total. The quantitative estimate of drug-likeness (QED) is 0.285. The Morgan fingerprint density at radius 2 is 1.14 bits per heavy atom. The van der Waals surface area contributed by atoms with Crippen molar-refractivity contribution in [2.24, 2.45) is 10.7 Å². The second kappa shape index (κ2) is 8.77. The smallest absolute Gasteiger partial charge is 0.152 e. The van der Waals surface area contributed by atoms with Gasteiger partial charge in [-0.15, -0.1) is 0 Å². The lowest BCUT2D eigenvalue weighted by atomic mass is 10.0. The van der Waals surface area contributed by atoms with E-state index in [1.165, 1.54) is 21.8 Å². The van der Waals surface area contributed by atoms with Gasteiger partial charge in [-0.1, -0.05) is 109 Å². The van der Waals surface area contributed by atoms with Crippen LogP contribution < -0.4 is 5.73 Å². The number of hydrogen-bond donors (Lipinski definition) is 1. The van der Waals surface area contributed by atoms with E-state index in [9.17, 15) is 0 Å². The lowest BCUT2D eigenvalue weighted by Crippen LogP contribution is -2.48. The molecule has 0 saturated carbocycles. The Labute approximate surface area is 215 Å². The number of hydrogen-bond acceptors (Lipinski definition) is 3. The third-order valence-electron chi connectivity index (χ3n) is 7.25. The fourth-order valence-electron chi connectivity index (χ4n) is 5.44. The van der Waals surface area contributed by atoms with Crippen LogP contribution in [0.25, 0.3) is 27.5 Å². The van der Waals surface area contributed by atoms with Crippen molar-refractivity contribution in [2.75, 3.05) is 0 Å². The molecule has 2 heterocycles. The molecular formula is C33H26N4. The summed E-state index contributed by atoms with van der Waals surface area (Å²) in [4.78, 5) is 7.20. The second-order valence-corrected chi connectivity index (χ2v) is 9.42. The largest absolute Gasteiger partial charge is 0.310 e. The summed E-state index contributed by atoms with van der Waals surface area (Å²) in [5.41, 5.74) is 13.7. The van der Waals surface area contributed by atoms with Crippen LogP contribution in [0.2, 0.25) is 0 Å². The van der Waals surface area contributed by atoms with E-state index in [1.54, 1.807) is 0 Å². The Bertz CT molecular complexity index is 1680. The van der Waals surface area contributed by atoms with Crippen molar-refractivity contribution in [1.82, 2.24) is 9.47 Å². The number of fused-ring (bicyclic) bond motifs is 3. The van der Waals surface area contributed by atoms with Crippen molar-refractivity contribution >= 4 is 27.6 Å². The first-order valence-corrected chi connectivity index (χ1v) is 12.6. The number of rotatable bonds is 5. The molecule has 0 bridgehead atoms. The maximum absolute atomic E-state index is 6.94. The highest BCUT2D eigenvalue weighted by Gasteiger charge is 2.37. The Balaban J connectivity index is 1.27. The summed E-state index contributed by atoms with van der Waals surface area (Å²) in [5, 5.41) is 2.52. The van der Waals surface area contributed by atoms with E-state index < -0.39 is 0 Å². The van der Waals surface area contributed by atoms with Gasteiger partial charge in [-0.05, 0) is 35.4 Å². The molecule has 0 amide bonds. The zero-order valence-electron chi connectivity index (χ0n) is 20.3.